The zero-order valence-electron chi connectivity index (χ0n) is 14.6. The highest BCUT2D eigenvalue weighted by Crippen LogP contribution is 2.20. The predicted molar refractivity (Wildman–Crippen MR) is 99.6 cm³/mol. The van der Waals surface area contributed by atoms with Crippen LogP contribution in [0.5, 0.6) is 5.75 Å². The van der Waals surface area contributed by atoms with Crippen LogP contribution in [-0.4, -0.2) is 57.6 Å². The Morgan fingerprint density at radius 2 is 2.00 bits per heavy atom. The molecule has 7 nitrogen and oxygen atoms in total. The van der Waals surface area contributed by atoms with Gasteiger partial charge >= 0.3 is 0 Å². The van der Waals surface area contributed by atoms with Gasteiger partial charge in [-0.2, -0.15) is 0 Å². The van der Waals surface area contributed by atoms with Crippen molar-refractivity contribution in [1.29, 1.82) is 0 Å². The second kappa shape index (κ2) is 9.25. The lowest BCUT2D eigenvalue weighted by Crippen LogP contribution is -2.41. The molecule has 0 aliphatic carbocycles. The van der Waals surface area contributed by atoms with Gasteiger partial charge in [0.2, 0.25) is 5.91 Å². The summed E-state index contributed by atoms with van der Waals surface area (Å²) in [4.78, 5) is 14.1. The van der Waals surface area contributed by atoms with Gasteiger partial charge in [0.25, 0.3) is 0 Å². The topological polar surface area (TPSA) is 69.5 Å². The minimum atomic E-state index is 0.0999. The molecule has 2 aromatic rings. The number of halogens is 1. The number of carbonyl (C=O) groups is 1. The number of rotatable bonds is 7. The van der Waals surface area contributed by atoms with Crippen LogP contribution in [0.25, 0.3) is 0 Å². The van der Waals surface area contributed by atoms with Crippen molar-refractivity contribution in [3.63, 3.8) is 0 Å². The van der Waals surface area contributed by atoms with Crippen LogP contribution in [0.2, 0.25) is 5.02 Å². The molecule has 0 spiro atoms. The Morgan fingerprint density at radius 3 is 2.69 bits per heavy atom. The average Bonchev–Trinajstić information content (AvgIpc) is 3.08. The van der Waals surface area contributed by atoms with Gasteiger partial charge in [-0.15, -0.1) is 10.2 Å². The van der Waals surface area contributed by atoms with Crippen LogP contribution in [0.15, 0.2) is 29.4 Å². The van der Waals surface area contributed by atoms with Gasteiger partial charge in [-0.25, -0.2) is 0 Å². The molecule has 0 unspecified atom stereocenters. The molecule has 1 aliphatic heterocycles. The third-order valence-electron chi connectivity index (χ3n) is 3.98. The first-order valence-corrected chi connectivity index (χ1v) is 9.82. The number of ether oxygens (including phenoxy) is 2. The summed E-state index contributed by atoms with van der Waals surface area (Å²) < 4.78 is 13.0. The van der Waals surface area contributed by atoms with Gasteiger partial charge in [-0.3, -0.25) is 4.79 Å². The van der Waals surface area contributed by atoms with E-state index in [1.54, 1.807) is 12.1 Å². The summed E-state index contributed by atoms with van der Waals surface area (Å²) in [7, 11) is 0. The van der Waals surface area contributed by atoms with E-state index in [1.807, 2.05) is 28.5 Å². The summed E-state index contributed by atoms with van der Waals surface area (Å²) in [5, 5.41) is 9.81. The average molecular weight is 397 g/mol. The summed E-state index contributed by atoms with van der Waals surface area (Å²) in [5.74, 6) is 1.89. The second-order valence-corrected chi connectivity index (χ2v) is 7.05. The minimum absolute atomic E-state index is 0.0999. The largest absolute Gasteiger partial charge is 0.486 e. The van der Waals surface area contributed by atoms with Gasteiger partial charge in [0.1, 0.15) is 12.4 Å². The molecule has 1 saturated heterocycles. The number of thioether (sulfide) groups is 1. The lowest BCUT2D eigenvalue weighted by atomic mass is 10.3. The first-order valence-electron chi connectivity index (χ1n) is 8.46. The molecule has 2 heterocycles. The molecule has 140 valence electrons. The maximum atomic E-state index is 12.3. The zero-order chi connectivity index (χ0) is 18.4. The van der Waals surface area contributed by atoms with Crippen LogP contribution in [0.3, 0.4) is 0 Å². The Morgan fingerprint density at radius 1 is 1.27 bits per heavy atom. The Bertz CT molecular complexity index is 732. The van der Waals surface area contributed by atoms with Crippen LogP contribution in [0.1, 0.15) is 12.7 Å². The van der Waals surface area contributed by atoms with Crippen molar-refractivity contribution in [3.05, 3.63) is 35.1 Å². The van der Waals surface area contributed by atoms with E-state index in [1.165, 1.54) is 11.8 Å². The Balaban J connectivity index is 1.56. The number of amides is 1. The first-order chi connectivity index (χ1) is 12.7. The smallest absolute Gasteiger partial charge is 0.233 e. The second-order valence-electron chi connectivity index (χ2n) is 5.67. The van der Waals surface area contributed by atoms with Crippen molar-refractivity contribution < 1.29 is 14.3 Å². The van der Waals surface area contributed by atoms with Crippen molar-refractivity contribution in [2.45, 2.75) is 25.2 Å². The molecule has 0 radical (unpaired) electrons. The van der Waals surface area contributed by atoms with Crippen LogP contribution < -0.4 is 4.74 Å². The predicted octanol–water partition coefficient (Wildman–Crippen LogP) is 2.48. The monoisotopic (exact) mass is 396 g/mol. The molecular formula is C17H21ClN4O3S. The summed E-state index contributed by atoms with van der Waals surface area (Å²) in [6.45, 7) is 5.55. The number of benzene rings is 1. The van der Waals surface area contributed by atoms with E-state index in [0.29, 0.717) is 50.2 Å². The fraction of sp³-hybridized carbons (Fsp3) is 0.471. The number of nitrogens with zero attached hydrogens (tertiary/aromatic N) is 4. The fourth-order valence-electron chi connectivity index (χ4n) is 2.56. The highest BCUT2D eigenvalue weighted by Gasteiger charge is 2.19. The molecule has 1 aromatic carbocycles. The lowest BCUT2D eigenvalue weighted by Gasteiger charge is -2.26. The Labute approximate surface area is 161 Å². The number of hydrogen-bond donors (Lipinski definition) is 0. The molecule has 26 heavy (non-hydrogen) atoms. The van der Waals surface area contributed by atoms with E-state index in [9.17, 15) is 4.79 Å². The lowest BCUT2D eigenvalue weighted by molar-refractivity contribution is -0.132. The number of morpholine rings is 1. The van der Waals surface area contributed by atoms with E-state index in [-0.39, 0.29) is 5.91 Å². The molecule has 0 bridgehead atoms. The van der Waals surface area contributed by atoms with Crippen molar-refractivity contribution in [3.8, 4) is 5.75 Å². The van der Waals surface area contributed by atoms with Gasteiger partial charge in [0.15, 0.2) is 11.0 Å². The van der Waals surface area contributed by atoms with Crippen LogP contribution in [0, 0.1) is 0 Å². The van der Waals surface area contributed by atoms with E-state index in [2.05, 4.69) is 10.2 Å². The molecule has 9 heteroatoms. The van der Waals surface area contributed by atoms with Gasteiger partial charge in [-0.1, -0.05) is 23.4 Å². The summed E-state index contributed by atoms with van der Waals surface area (Å²) in [5.41, 5.74) is 0. The van der Waals surface area contributed by atoms with E-state index in [4.69, 9.17) is 21.1 Å². The molecule has 3 rings (SSSR count). The molecule has 1 fully saturated rings. The molecule has 1 amide bonds. The minimum Gasteiger partial charge on any atom is -0.486 e. The maximum absolute atomic E-state index is 12.3. The summed E-state index contributed by atoms with van der Waals surface area (Å²) >= 11 is 7.28. The van der Waals surface area contributed by atoms with Gasteiger partial charge in [0.05, 0.1) is 19.0 Å². The molecule has 0 saturated carbocycles. The summed E-state index contributed by atoms with van der Waals surface area (Å²) in [6.07, 6.45) is 0. The van der Waals surface area contributed by atoms with Crippen LogP contribution >= 0.6 is 23.4 Å². The fourth-order valence-corrected chi connectivity index (χ4v) is 3.61. The normalized spacial score (nSPS) is 14.5. The zero-order valence-corrected chi connectivity index (χ0v) is 16.1. The molecule has 0 atom stereocenters. The van der Waals surface area contributed by atoms with Crippen molar-refractivity contribution in [1.82, 2.24) is 19.7 Å². The molecule has 1 aromatic heterocycles. The third-order valence-corrected chi connectivity index (χ3v) is 5.18. The SMILES string of the molecule is CCn1c(COc2ccc(Cl)cc2)nnc1SCC(=O)N1CCOCC1. The number of aromatic nitrogens is 3. The maximum Gasteiger partial charge on any atom is 0.233 e. The van der Waals surface area contributed by atoms with Gasteiger partial charge in [-0.05, 0) is 31.2 Å². The van der Waals surface area contributed by atoms with Gasteiger partial charge < -0.3 is 18.9 Å². The van der Waals surface area contributed by atoms with E-state index < -0.39 is 0 Å². The molecule has 0 N–H and O–H groups in total. The van der Waals surface area contributed by atoms with Crippen molar-refractivity contribution >= 4 is 29.3 Å². The third kappa shape index (κ3) is 4.90. The van der Waals surface area contributed by atoms with Crippen LogP contribution in [0.4, 0.5) is 0 Å². The first kappa shape index (κ1) is 19.0. The highest BCUT2D eigenvalue weighted by atomic mass is 35.5. The van der Waals surface area contributed by atoms with Crippen LogP contribution in [-0.2, 0) is 22.7 Å². The van der Waals surface area contributed by atoms with Crippen molar-refractivity contribution in [2.24, 2.45) is 0 Å². The molecule has 1 aliphatic rings. The molecular weight excluding hydrogens is 376 g/mol. The standard InChI is InChI=1S/C17H21ClN4O3S/c1-2-22-15(11-25-14-5-3-13(18)4-6-14)19-20-17(22)26-12-16(23)21-7-9-24-10-8-21/h3-6H,2,7-12H2,1H3. The Kier molecular flexibility index (Phi) is 6.76. The highest BCUT2D eigenvalue weighted by molar-refractivity contribution is 7.99. The van der Waals surface area contributed by atoms with E-state index in [0.717, 1.165) is 16.7 Å². The number of hydrogen-bond acceptors (Lipinski definition) is 6. The van der Waals surface area contributed by atoms with Gasteiger partial charge in [0, 0.05) is 24.7 Å². The quantitative estimate of drug-likeness (QED) is 0.670. The Hall–Kier alpha value is -1.77. The van der Waals surface area contributed by atoms with E-state index >= 15 is 0 Å². The summed E-state index contributed by atoms with van der Waals surface area (Å²) in [6, 6.07) is 7.18. The number of carbonyl (C=O) groups excluding carboxylic acids is 1. The van der Waals surface area contributed by atoms with Crippen molar-refractivity contribution in [2.75, 3.05) is 32.1 Å².